The van der Waals surface area contributed by atoms with Gasteiger partial charge in [-0.15, -0.1) is 0 Å². The summed E-state index contributed by atoms with van der Waals surface area (Å²) in [7, 11) is 0. The topological polar surface area (TPSA) is 47.4 Å². The lowest BCUT2D eigenvalue weighted by atomic mass is 10.1. The Labute approximate surface area is 146 Å². The number of carbonyl (C=O) groups excluding carboxylic acids is 1. The van der Waals surface area contributed by atoms with Gasteiger partial charge >= 0.3 is 0 Å². The number of nitrogens with zero attached hydrogens (tertiary/aromatic N) is 3. The predicted molar refractivity (Wildman–Crippen MR) is 97.2 cm³/mol. The summed E-state index contributed by atoms with van der Waals surface area (Å²) in [5.74, 6) is 0.0488. The van der Waals surface area contributed by atoms with E-state index in [1.165, 1.54) is 5.56 Å². The third kappa shape index (κ3) is 3.03. The molecule has 4 rings (SSSR count). The van der Waals surface area contributed by atoms with Gasteiger partial charge in [0.15, 0.2) is 0 Å². The molecule has 0 aliphatic carbocycles. The van der Waals surface area contributed by atoms with Crippen molar-refractivity contribution in [1.29, 1.82) is 0 Å². The number of hydrogen-bond donors (Lipinski definition) is 0. The number of amides is 1. The van der Waals surface area contributed by atoms with Crippen molar-refractivity contribution < 1.29 is 9.53 Å². The molecule has 128 valence electrons. The van der Waals surface area contributed by atoms with Gasteiger partial charge in [0, 0.05) is 24.3 Å². The second-order valence-corrected chi connectivity index (χ2v) is 6.25. The molecule has 0 radical (unpaired) electrons. The van der Waals surface area contributed by atoms with Crippen LogP contribution in [-0.2, 0) is 11.2 Å². The quantitative estimate of drug-likeness (QED) is 0.739. The van der Waals surface area contributed by atoms with E-state index in [-0.39, 0.29) is 5.91 Å². The molecule has 1 saturated heterocycles. The molecule has 0 bridgehead atoms. The Morgan fingerprint density at radius 1 is 1.16 bits per heavy atom. The van der Waals surface area contributed by atoms with Crippen molar-refractivity contribution in [2.24, 2.45) is 0 Å². The van der Waals surface area contributed by atoms with Gasteiger partial charge in [0.05, 0.1) is 24.2 Å². The zero-order valence-electron chi connectivity index (χ0n) is 14.3. The van der Waals surface area contributed by atoms with Crippen molar-refractivity contribution in [1.82, 2.24) is 14.5 Å². The van der Waals surface area contributed by atoms with Crippen molar-refractivity contribution in [2.45, 2.75) is 13.3 Å². The van der Waals surface area contributed by atoms with Crippen LogP contribution in [0, 0.1) is 0 Å². The number of aryl methyl sites for hydroxylation is 1. The SMILES string of the molecule is CCc1cccc(-n2cnc3cc(C(=O)N4CCOCC4)ccc32)c1. The van der Waals surface area contributed by atoms with E-state index < -0.39 is 0 Å². The van der Waals surface area contributed by atoms with Gasteiger partial charge in [-0.2, -0.15) is 0 Å². The Morgan fingerprint density at radius 2 is 2.00 bits per heavy atom. The minimum absolute atomic E-state index is 0.0488. The number of imidazole rings is 1. The standard InChI is InChI=1S/C20H21N3O2/c1-2-15-4-3-5-17(12-15)23-14-21-18-13-16(6-7-19(18)23)20(24)22-8-10-25-11-9-22/h3-7,12-14H,2,8-11H2,1H3. The first-order chi connectivity index (χ1) is 12.3. The molecule has 1 fully saturated rings. The summed E-state index contributed by atoms with van der Waals surface area (Å²) in [5, 5.41) is 0. The molecule has 0 N–H and O–H groups in total. The number of aromatic nitrogens is 2. The summed E-state index contributed by atoms with van der Waals surface area (Å²) in [6.45, 7) is 4.66. The number of rotatable bonds is 3. The molecule has 1 aliphatic rings. The van der Waals surface area contributed by atoms with Crippen molar-refractivity contribution in [3.05, 3.63) is 59.9 Å². The van der Waals surface area contributed by atoms with Crippen molar-refractivity contribution in [2.75, 3.05) is 26.3 Å². The zero-order chi connectivity index (χ0) is 17.2. The van der Waals surface area contributed by atoms with E-state index in [2.05, 4.69) is 40.7 Å². The zero-order valence-corrected chi connectivity index (χ0v) is 14.3. The van der Waals surface area contributed by atoms with Crippen LogP contribution in [0.5, 0.6) is 0 Å². The first kappa shape index (κ1) is 15.8. The molecule has 1 aliphatic heterocycles. The van der Waals surface area contributed by atoms with Crippen LogP contribution in [-0.4, -0.2) is 46.7 Å². The number of carbonyl (C=O) groups is 1. The lowest BCUT2D eigenvalue weighted by Crippen LogP contribution is -2.40. The lowest BCUT2D eigenvalue weighted by Gasteiger charge is -2.26. The highest BCUT2D eigenvalue weighted by molar-refractivity contribution is 5.97. The Balaban J connectivity index is 1.67. The Kier molecular flexibility index (Phi) is 4.24. The van der Waals surface area contributed by atoms with Gasteiger partial charge < -0.3 is 9.64 Å². The van der Waals surface area contributed by atoms with E-state index in [0.29, 0.717) is 31.9 Å². The fourth-order valence-corrected chi connectivity index (χ4v) is 3.23. The molecule has 25 heavy (non-hydrogen) atoms. The predicted octanol–water partition coefficient (Wildman–Crippen LogP) is 3.06. The maximum absolute atomic E-state index is 12.6. The first-order valence-electron chi connectivity index (χ1n) is 8.69. The molecule has 0 unspecified atom stereocenters. The summed E-state index contributed by atoms with van der Waals surface area (Å²) in [5.41, 5.74) is 4.90. The van der Waals surface area contributed by atoms with Gasteiger partial charge in [-0.3, -0.25) is 9.36 Å². The highest BCUT2D eigenvalue weighted by Crippen LogP contribution is 2.21. The summed E-state index contributed by atoms with van der Waals surface area (Å²) in [6.07, 6.45) is 2.82. The molecule has 5 nitrogen and oxygen atoms in total. The lowest BCUT2D eigenvalue weighted by molar-refractivity contribution is 0.0303. The molecule has 1 amide bonds. The van der Waals surface area contributed by atoms with E-state index in [9.17, 15) is 4.79 Å². The van der Waals surface area contributed by atoms with Crippen molar-refractivity contribution >= 4 is 16.9 Å². The molecular weight excluding hydrogens is 314 g/mol. The minimum atomic E-state index is 0.0488. The first-order valence-corrected chi connectivity index (χ1v) is 8.69. The third-order valence-corrected chi connectivity index (χ3v) is 4.69. The van der Waals surface area contributed by atoms with E-state index in [0.717, 1.165) is 23.1 Å². The Bertz CT molecular complexity index is 910. The molecule has 1 aromatic heterocycles. The number of benzene rings is 2. The average Bonchev–Trinajstić information content (AvgIpc) is 3.11. The maximum atomic E-state index is 12.6. The fourth-order valence-electron chi connectivity index (χ4n) is 3.23. The molecular formula is C20H21N3O2. The molecule has 5 heteroatoms. The van der Waals surface area contributed by atoms with Crippen LogP contribution < -0.4 is 0 Å². The van der Waals surface area contributed by atoms with Crippen LogP contribution in [0.25, 0.3) is 16.7 Å². The summed E-state index contributed by atoms with van der Waals surface area (Å²) >= 11 is 0. The van der Waals surface area contributed by atoms with E-state index >= 15 is 0 Å². The van der Waals surface area contributed by atoms with E-state index in [4.69, 9.17) is 4.74 Å². The van der Waals surface area contributed by atoms with Crippen LogP contribution in [0.3, 0.4) is 0 Å². The van der Waals surface area contributed by atoms with Gasteiger partial charge in [-0.25, -0.2) is 4.98 Å². The maximum Gasteiger partial charge on any atom is 0.254 e. The van der Waals surface area contributed by atoms with Gasteiger partial charge in [-0.05, 0) is 42.3 Å². The highest BCUT2D eigenvalue weighted by atomic mass is 16.5. The monoisotopic (exact) mass is 335 g/mol. The highest BCUT2D eigenvalue weighted by Gasteiger charge is 2.19. The van der Waals surface area contributed by atoms with Crippen LogP contribution in [0.15, 0.2) is 48.8 Å². The molecule has 0 spiro atoms. The third-order valence-electron chi connectivity index (χ3n) is 4.69. The number of morpholine rings is 1. The number of fused-ring (bicyclic) bond motifs is 1. The Hall–Kier alpha value is -2.66. The number of ether oxygens (including phenoxy) is 1. The summed E-state index contributed by atoms with van der Waals surface area (Å²) < 4.78 is 7.38. The van der Waals surface area contributed by atoms with E-state index in [1.54, 1.807) is 0 Å². The van der Waals surface area contributed by atoms with Crippen LogP contribution in [0.4, 0.5) is 0 Å². The van der Waals surface area contributed by atoms with Crippen molar-refractivity contribution in [3.8, 4) is 5.69 Å². The normalized spacial score (nSPS) is 14.8. The van der Waals surface area contributed by atoms with Crippen molar-refractivity contribution in [3.63, 3.8) is 0 Å². The molecule has 2 heterocycles. The second-order valence-electron chi connectivity index (χ2n) is 6.25. The molecule has 0 atom stereocenters. The fraction of sp³-hybridized carbons (Fsp3) is 0.300. The molecule has 0 saturated carbocycles. The second kappa shape index (κ2) is 6.69. The Morgan fingerprint density at radius 3 is 2.80 bits per heavy atom. The van der Waals surface area contributed by atoms with Gasteiger partial charge in [0.1, 0.15) is 6.33 Å². The number of hydrogen-bond acceptors (Lipinski definition) is 3. The minimum Gasteiger partial charge on any atom is -0.378 e. The summed E-state index contributed by atoms with van der Waals surface area (Å²) in [4.78, 5) is 19.0. The average molecular weight is 335 g/mol. The van der Waals surface area contributed by atoms with Gasteiger partial charge in [0.2, 0.25) is 0 Å². The van der Waals surface area contributed by atoms with Gasteiger partial charge in [-0.1, -0.05) is 19.1 Å². The largest absolute Gasteiger partial charge is 0.378 e. The van der Waals surface area contributed by atoms with Gasteiger partial charge in [0.25, 0.3) is 5.91 Å². The van der Waals surface area contributed by atoms with E-state index in [1.807, 2.05) is 29.4 Å². The van der Waals surface area contributed by atoms with Crippen LogP contribution >= 0.6 is 0 Å². The molecule has 2 aromatic carbocycles. The summed E-state index contributed by atoms with van der Waals surface area (Å²) in [6, 6.07) is 14.2. The van der Waals surface area contributed by atoms with Crippen LogP contribution in [0.1, 0.15) is 22.8 Å². The smallest absolute Gasteiger partial charge is 0.254 e. The molecule has 3 aromatic rings. The van der Waals surface area contributed by atoms with Crippen LogP contribution in [0.2, 0.25) is 0 Å².